The predicted molar refractivity (Wildman–Crippen MR) is 71.9 cm³/mol. The van der Waals surface area contributed by atoms with Gasteiger partial charge in [0, 0.05) is 10.7 Å². The molecule has 0 aliphatic heterocycles. The van der Waals surface area contributed by atoms with Gasteiger partial charge in [0.1, 0.15) is 5.82 Å². The molecule has 0 aliphatic carbocycles. The van der Waals surface area contributed by atoms with E-state index in [9.17, 15) is 4.79 Å². The minimum Gasteiger partial charge on any atom is -0.325 e. The molecule has 0 saturated heterocycles. The third-order valence-electron chi connectivity index (χ3n) is 2.04. The van der Waals surface area contributed by atoms with Gasteiger partial charge in [-0.2, -0.15) is 0 Å². The predicted octanol–water partition coefficient (Wildman–Crippen LogP) is 2.50. The van der Waals surface area contributed by atoms with Crippen molar-refractivity contribution in [2.75, 3.05) is 11.1 Å². The van der Waals surface area contributed by atoms with E-state index in [1.165, 1.54) is 11.8 Å². The number of benzene rings is 1. The fourth-order valence-corrected chi connectivity index (χ4v) is 2.02. The second-order valence-corrected chi connectivity index (χ2v) is 4.93. The molecule has 0 fully saturated rings. The van der Waals surface area contributed by atoms with Crippen LogP contribution in [-0.2, 0) is 4.79 Å². The Bertz CT molecular complexity index is 540. The second kappa shape index (κ2) is 5.88. The average Bonchev–Trinajstić information content (AvgIpc) is 2.76. The van der Waals surface area contributed by atoms with Gasteiger partial charge in [-0.25, -0.2) is 4.98 Å². The second-order valence-electron chi connectivity index (χ2n) is 3.55. The van der Waals surface area contributed by atoms with Crippen LogP contribution in [0.2, 0.25) is 5.02 Å². The Morgan fingerprint density at radius 3 is 2.78 bits per heavy atom. The van der Waals surface area contributed by atoms with E-state index in [1.807, 2.05) is 6.92 Å². The monoisotopic (exact) mass is 282 g/mol. The number of H-pyrrole nitrogens is 1. The molecule has 0 atom stereocenters. The molecule has 5 nitrogen and oxygen atoms in total. The van der Waals surface area contributed by atoms with Crippen LogP contribution in [0.15, 0.2) is 29.4 Å². The summed E-state index contributed by atoms with van der Waals surface area (Å²) in [6, 6.07) is 6.95. The maximum Gasteiger partial charge on any atom is 0.234 e. The zero-order valence-electron chi connectivity index (χ0n) is 9.61. The van der Waals surface area contributed by atoms with Gasteiger partial charge in [0.25, 0.3) is 0 Å². The van der Waals surface area contributed by atoms with Crippen LogP contribution in [0.5, 0.6) is 0 Å². The van der Waals surface area contributed by atoms with Crippen LogP contribution in [-0.4, -0.2) is 26.8 Å². The van der Waals surface area contributed by atoms with E-state index in [0.29, 0.717) is 10.2 Å². The van der Waals surface area contributed by atoms with E-state index in [-0.39, 0.29) is 11.7 Å². The van der Waals surface area contributed by atoms with Gasteiger partial charge in [0.2, 0.25) is 11.1 Å². The molecular formula is C11H11ClN4OS. The van der Waals surface area contributed by atoms with Crippen LogP contribution in [0, 0.1) is 6.92 Å². The lowest BCUT2D eigenvalue weighted by Gasteiger charge is -2.03. The first-order valence-corrected chi connectivity index (χ1v) is 6.57. The molecule has 2 rings (SSSR count). The lowest BCUT2D eigenvalue weighted by atomic mass is 10.3. The quantitative estimate of drug-likeness (QED) is 0.845. The molecule has 2 aromatic rings. The van der Waals surface area contributed by atoms with Crippen LogP contribution in [0.3, 0.4) is 0 Å². The Morgan fingerprint density at radius 1 is 1.44 bits per heavy atom. The number of aromatic nitrogens is 3. The Morgan fingerprint density at radius 2 is 2.17 bits per heavy atom. The molecule has 1 aromatic carbocycles. The molecule has 94 valence electrons. The molecule has 18 heavy (non-hydrogen) atoms. The van der Waals surface area contributed by atoms with Crippen molar-refractivity contribution in [2.45, 2.75) is 12.1 Å². The number of aromatic amines is 1. The normalized spacial score (nSPS) is 10.3. The van der Waals surface area contributed by atoms with Crippen LogP contribution in [0.1, 0.15) is 5.82 Å². The first-order chi connectivity index (χ1) is 8.63. The molecule has 1 amide bonds. The van der Waals surface area contributed by atoms with Gasteiger partial charge < -0.3 is 5.32 Å². The Kier molecular flexibility index (Phi) is 4.22. The molecule has 2 N–H and O–H groups in total. The van der Waals surface area contributed by atoms with E-state index in [0.717, 1.165) is 11.5 Å². The molecule has 0 bridgehead atoms. The first kappa shape index (κ1) is 12.9. The first-order valence-electron chi connectivity index (χ1n) is 5.21. The number of hydrogen-bond acceptors (Lipinski definition) is 4. The van der Waals surface area contributed by atoms with Gasteiger partial charge in [-0.1, -0.05) is 23.4 Å². The average molecular weight is 283 g/mol. The van der Waals surface area contributed by atoms with Crippen LogP contribution in [0.4, 0.5) is 5.69 Å². The molecule has 0 saturated carbocycles. The highest BCUT2D eigenvalue weighted by Crippen LogP contribution is 2.15. The van der Waals surface area contributed by atoms with Gasteiger partial charge in [-0.3, -0.25) is 9.89 Å². The van der Waals surface area contributed by atoms with Crippen molar-refractivity contribution in [2.24, 2.45) is 0 Å². The number of aryl methyl sites for hydroxylation is 1. The van der Waals surface area contributed by atoms with Crippen molar-refractivity contribution in [3.8, 4) is 0 Å². The molecule has 0 spiro atoms. The van der Waals surface area contributed by atoms with Crippen molar-refractivity contribution in [3.63, 3.8) is 0 Å². The molecule has 7 heteroatoms. The van der Waals surface area contributed by atoms with Gasteiger partial charge >= 0.3 is 0 Å². The molecule has 0 radical (unpaired) electrons. The van der Waals surface area contributed by atoms with Gasteiger partial charge in [0.05, 0.1) is 5.75 Å². The van der Waals surface area contributed by atoms with Gasteiger partial charge in [-0.05, 0) is 31.2 Å². The van der Waals surface area contributed by atoms with Crippen molar-refractivity contribution in [1.29, 1.82) is 0 Å². The van der Waals surface area contributed by atoms with E-state index in [4.69, 9.17) is 11.6 Å². The van der Waals surface area contributed by atoms with E-state index in [2.05, 4.69) is 20.5 Å². The summed E-state index contributed by atoms with van der Waals surface area (Å²) in [4.78, 5) is 15.7. The molecular weight excluding hydrogens is 272 g/mol. The molecule has 1 aromatic heterocycles. The fourth-order valence-electron chi connectivity index (χ4n) is 1.25. The van der Waals surface area contributed by atoms with Gasteiger partial charge in [0.15, 0.2) is 0 Å². The van der Waals surface area contributed by atoms with E-state index < -0.39 is 0 Å². The third-order valence-corrected chi connectivity index (χ3v) is 3.14. The Balaban J connectivity index is 1.83. The summed E-state index contributed by atoms with van der Waals surface area (Å²) in [5.41, 5.74) is 0.719. The number of hydrogen-bond donors (Lipinski definition) is 2. The molecule has 0 aliphatic rings. The third kappa shape index (κ3) is 3.75. The smallest absolute Gasteiger partial charge is 0.234 e. The number of carbonyl (C=O) groups is 1. The van der Waals surface area contributed by atoms with Crippen molar-refractivity contribution >= 4 is 35.0 Å². The SMILES string of the molecule is Cc1nc(SCC(=O)Nc2ccc(Cl)cc2)n[nH]1. The fraction of sp³-hybridized carbons (Fsp3) is 0.182. The van der Waals surface area contributed by atoms with E-state index in [1.54, 1.807) is 24.3 Å². The van der Waals surface area contributed by atoms with Gasteiger partial charge in [-0.15, -0.1) is 5.10 Å². The maximum atomic E-state index is 11.6. The number of amides is 1. The summed E-state index contributed by atoms with van der Waals surface area (Å²) in [7, 11) is 0. The van der Waals surface area contributed by atoms with Crippen molar-refractivity contribution < 1.29 is 4.79 Å². The zero-order valence-corrected chi connectivity index (χ0v) is 11.2. The lowest BCUT2D eigenvalue weighted by molar-refractivity contribution is -0.113. The minimum absolute atomic E-state index is 0.107. The standard InChI is InChI=1S/C11H11ClN4OS/c1-7-13-11(16-15-7)18-6-10(17)14-9-4-2-8(12)3-5-9/h2-5H,6H2,1H3,(H,14,17)(H,13,15,16). The number of anilines is 1. The molecule has 1 heterocycles. The van der Waals surface area contributed by atoms with Crippen LogP contribution >= 0.6 is 23.4 Å². The number of halogens is 1. The van der Waals surface area contributed by atoms with Crippen LogP contribution < -0.4 is 5.32 Å². The summed E-state index contributed by atoms with van der Waals surface area (Å²) in [5, 5.41) is 10.6. The highest BCUT2D eigenvalue weighted by atomic mass is 35.5. The summed E-state index contributed by atoms with van der Waals surface area (Å²) in [6.07, 6.45) is 0. The zero-order chi connectivity index (χ0) is 13.0. The topological polar surface area (TPSA) is 70.7 Å². The number of nitrogens with one attached hydrogen (secondary N) is 2. The summed E-state index contributed by atoms with van der Waals surface area (Å²) in [5.74, 6) is 0.889. The molecule has 0 unspecified atom stereocenters. The highest BCUT2D eigenvalue weighted by molar-refractivity contribution is 7.99. The summed E-state index contributed by atoms with van der Waals surface area (Å²) >= 11 is 7.04. The number of carbonyl (C=O) groups excluding carboxylic acids is 1. The number of rotatable bonds is 4. The largest absolute Gasteiger partial charge is 0.325 e. The lowest BCUT2D eigenvalue weighted by Crippen LogP contribution is -2.13. The maximum absolute atomic E-state index is 11.6. The van der Waals surface area contributed by atoms with Crippen molar-refractivity contribution in [3.05, 3.63) is 35.1 Å². The van der Waals surface area contributed by atoms with Crippen molar-refractivity contribution in [1.82, 2.24) is 15.2 Å². The number of nitrogens with zero attached hydrogens (tertiary/aromatic N) is 2. The Hall–Kier alpha value is -1.53. The summed E-state index contributed by atoms with van der Waals surface area (Å²) < 4.78 is 0. The minimum atomic E-state index is -0.107. The number of thioether (sulfide) groups is 1. The van der Waals surface area contributed by atoms with E-state index >= 15 is 0 Å². The Labute approximate surface area is 113 Å². The van der Waals surface area contributed by atoms with Crippen LogP contribution in [0.25, 0.3) is 0 Å². The highest BCUT2D eigenvalue weighted by Gasteiger charge is 2.06. The summed E-state index contributed by atoms with van der Waals surface area (Å²) in [6.45, 7) is 1.81.